The van der Waals surface area contributed by atoms with Gasteiger partial charge in [-0.15, -0.1) is 0 Å². The first kappa shape index (κ1) is 13.4. The fraction of sp³-hybridized carbons (Fsp3) is 0.500. The van der Waals surface area contributed by atoms with Gasteiger partial charge >= 0.3 is 0 Å². The minimum Gasteiger partial charge on any atom is -0.497 e. The molecule has 0 aliphatic carbocycles. The first-order chi connectivity index (χ1) is 8.30. The normalized spacial score (nSPS) is 9.71. The third-order valence-corrected chi connectivity index (χ3v) is 2.51. The number of hydrogen-bond acceptors (Lipinski definition) is 3. The third-order valence-electron chi connectivity index (χ3n) is 2.51. The lowest BCUT2D eigenvalue weighted by atomic mass is 10.2. The molecule has 0 N–H and O–H groups in total. The van der Waals surface area contributed by atoms with Gasteiger partial charge in [-0.3, -0.25) is 0 Å². The van der Waals surface area contributed by atoms with Gasteiger partial charge in [-0.1, -0.05) is 26.2 Å². The van der Waals surface area contributed by atoms with Gasteiger partial charge in [0.05, 0.1) is 25.3 Å². The summed E-state index contributed by atoms with van der Waals surface area (Å²) in [5, 5.41) is 8.86. The minimum absolute atomic E-state index is 0.563. The highest BCUT2D eigenvalue weighted by atomic mass is 16.5. The highest BCUT2D eigenvalue weighted by Gasteiger charge is 2.01. The first-order valence-electron chi connectivity index (χ1n) is 6.02. The summed E-state index contributed by atoms with van der Waals surface area (Å²) >= 11 is 0. The van der Waals surface area contributed by atoms with Gasteiger partial charge in [0.25, 0.3) is 0 Å². The monoisotopic (exact) mass is 233 g/mol. The molecule has 0 spiro atoms. The van der Waals surface area contributed by atoms with Gasteiger partial charge in [0.1, 0.15) is 11.5 Å². The van der Waals surface area contributed by atoms with Crippen LogP contribution in [0.25, 0.3) is 0 Å². The Hall–Kier alpha value is -1.69. The second kappa shape index (κ2) is 7.56. The number of unbranched alkanes of at least 4 members (excludes halogenated alkanes) is 3. The average Bonchev–Trinajstić information content (AvgIpc) is 2.38. The van der Waals surface area contributed by atoms with Crippen molar-refractivity contribution >= 4 is 0 Å². The van der Waals surface area contributed by atoms with E-state index in [1.807, 2.05) is 0 Å². The molecule has 0 heterocycles. The lowest BCUT2D eigenvalue weighted by molar-refractivity contribution is 0.302. The molecule has 0 fully saturated rings. The third kappa shape index (κ3) is 4.78. The molecule has 0 amide bonds. The average molecular weight is 233 g/mol. The molecule has 0 unspecified atom stereocenters. The predicted octanol–water partition coefficient (Wildman–Crippen LogP) is 3.53. The van der Waals surface area contributed by atoms with E-state index in [4.69, 9.17) is 14.7 Å². The fourth-order valence-electron chi connectivity index (χ4n) is 1.56. The zero-order valence-corrected chi connectivity index (χ0v) is 10.5. The Morgan fingerprint density at radius 3 is 2.53 bits per heavy atom. The number of benzene rings is 1. The van der Waals surface area contributed by atoms with Gasteiger partial charge in [0.15, 0.2) is 0 Å². The number of ether oxygens (including phenoxy) is 2. The molecule has 0 bridgehead atoms. The van der Waals surface area contributed by atoms with E-state index in [-0.39, 0.29) is 0 Å². The first-order valence-corrected chi connectivity index (χ1v) is 6.02. The van der Waals surface area contributed by atoms with E-state index in [2.05, 4.69) is 13.0 Å². The van der Waals surface area contributed by atoms with Crippen LogP contribution < -0.4 is 9.47 Å². The van der Waals surface area contributed by atoms with Crippen molar-refractivity contribution in [1.82, 2.24) is 0 Å². The standard InChI is InChI=1S/C14H19NO2/c1-3-4-5-6-7-17-14-9-12(11-15)8-13(10-14)16-2/h8-10H,3-7H2,1-2H3. The van der Waals surface area contributed by atoms with E-state index in [0.29, 0.717) is 23.7 Å². The molecule has 3 nitrogen and oxygen atoms in total. The minimum atomic E-state index is 0.563. The van der Waals surface area contributed by atoms with Crippen molar-refractivity contribution in [3.05, 3.63) is 23.8 Å². The summed E-state index contributed by atoms with van der Waals surface area (Å²) in [6, 6.07) is 7.34. The summed E-state index contributed by atoms with van der Waals surface area (Å²) in [4.78, 5) is 0. The summed E-state index contributed by atoms with van der Waals surface area (Å²) in [5.41, 5.74) is 0.563. The molecule has 92 valence electrons. The molecule has 0 saturated heterocycles. The topological polar surface area (TPSA) is 42.2 Å². The Morgan fingerprint density at radius 2 is 1.88 bits per heavy atom. The van der Waals surface area contributed by atoms with Crippen molar-refractivity contribution in [2.45, 2.75) is 32.6 Å². The second-order valence-corrected chi connectivity index (χ2v) is 3.92. The summed E-state index contributed by atoms with van der Waals surface area (Å²) in [5.74, 6) is 1.37. The van der Waals surface area contributed by atoms with E-state index < -0.39 is 0 Å². The SMILES string of the molecule is CCCCCCOc1cc(C#N)cc(OC)c1. The maximum atomic E-state index is 8.86. The van der Waals surface area contributed by atoms with Crippen LogP contribution in [-0.4, -0.2) is 13.7 Å². The van der Waals surface area contributed by atoms with Crippen LogP contribution in [0.5, 0.6) is 11.5 Å². The lowest BCUT2D eigenvalue weighted by Crippen LogP contribution is -1.98. The van der Waals surface area contributed by atoms with Crippen molar-refractivity contribution in [2.75, 3.05) is 13.7 Å². The zero-order valence-electron chi connectivity index (χ0n) is 10.5. The molecule has 0 saturated carbocycles. The van der Waals surface area contributed by atoms with Gasteiger partial charge in [-0.05, 0) is 18.6 Å². The van der Waals surface area contributed by atoms with Gasteiger partial charge in [0.2, 0.25) is 0 Å². The molecule has 0 atom stereocenters. The fourth-order valence-corrected chi connectivity index (χ4v) is 1.56. The van der Waals surface area contributed by atoms with Crippen LogP contribution in [-0.2, 0) is 0 Å². The van der Waals surface area contributed by atoms with Gasteiger partial charge in [-0.2, -0.15) is 5.26 Å². The molecule has 3 heteroatoms. The number of nitriles is 1. The van der Waals surface area contributed by atoms with E-state index in [0.717, 1.165) is 6.42 Å². The van der Waals surface area contributed by atoms with Crippen molar-refractivity contribution in [3.63, 3.8) is 0 Å². The van der Waals surface area contributed by atoms with Crippen molar-refractivity contribution in [3.8, 4) is 17.6 Å². The van der Waals surface area contributed by atoms with Gasteiger partial charge < -0.3 is 9.47 Å². The zero-order chi connectivity index (χ0) is 12.5. The van der Waals surface area contributed by atoms with E-state index in [9.17, 15) is 0 Å². The molecule has 0 radical (unpaired) electrons. The summed E-state index contributed by atoms with van der Waals surface area (Å²) in [7, 11) is 1.58. The van der Waals surface area contributed by atoms with Crippen LogP contribution in [0.4, 0.5) is 0 Å². The molecule has 1 aromatic rings. The van der Waals surface area contributed by atoms with E-state index >= 15 is 0 Å². The number of nitrogens with zero attached hydrogens (tertiary/aromatic N) is 1. The molecule has 0 aliphatic heterocycles. The molecule has 0 aliphatic rings. The molecule has 1 rings (SSSR count). The number of hydrogen-bond donors (Lipinski definition) is 0. The Kier molecular flexibility index (Phi) is 5.95. The largest absolute Gasteiger partial charge is 0.497 e. The Bertz CT molecular complexity index is 382. The number of rotatable bonds is 7. The summed E-state index contributed by atoms with van der Waals surface area (Å²) in [6.45, 7) is 2.88. The number of methoxy groups -OCH3 is 1. The molecular weight excluding hydrogens is 214 g/mol. The lowest BCUT2D eigenvalue weighted by Gasteiger charge is -2.08. The Morgan fingerprint density at radius 1 is 1.12 bits per heavy atom. The maximum Gasteiger partial charge on any atom is 0.124 e. The predicted molar refractivity (Wildman–Crippen MR) is 67.3 cm³/mol. The van der Waals surface area contributed by atoms with Crippen molar-refractivity contribution < 1.29 is 9.47 Å². The van der Waals surface area contributed by atoms with E-state index in [1.54, 1.807) is 25.3 Å². The van der Waals surface area contributed by atoms with Crippen molar-refractivity contribution in [1.29, 1.82) is 5.26 Å². The molecule has 17 heavy (non-hydrogen) atoms. The summed E-state index contributed by atoms with van der Waals surface area (Å²) < 4.78 is 10.7. The van der Waals surface area contributed by atoms with Gasteiger partial charge in [-0.25, -0.2) is 0 Å². The summed E-state index contributed by atoms with van der Waals surface area (Å²) in [6.07, 6.45) is 4.70. The Labute approximate surface area is 103 Å². The molecule has 0 aromatic heterocycles. The van der Waals surface area contributed by atoms with E-state index in [1.165, 1.54) is 19.3 Å². The maximum absolute atomic E-state index is 8.86. The Balaban J connectivity index is 2.50. The smallest absolute Gasteiger partial charge is 0.124 e. The van der Waals surface area contributed by atoms with Crippen LogP contribution in [0.15, 0.2) is 18.2 Å². The van der Waals surface area contributed by atoms with Crippen molar-refractivity contribution in [2.24, 2.45) is 0 Å². The van der Waals surface area contributed by atoms with Gasteiger partial charge in [0, 0.05) is 6.07 Å². The highest BCUT2D eigenvalue weighted by Crippen LogP contribution is 2.22. The van der Waals surface area contributed by atoms with Crippen LogP contribution in [0, 0.1) is 11.3 Å². The molecule has 1 aromatic carbocycles. The van der Waals surface area contributed by atoms with Crippen LogP contribution in [0.3, 0.4) is 0 Å². The quantitative estimate of drug-likeness (QED) is 0.676. The highest BCUT2D eigenvalue weighted by molar-refractivity contribution is 5.43. The van der Waals surface area contributed by atoms with Crippen LogP contribution in [0.1, 0.15) is 38.2 Å². The second-order valence-electron chi connectivity index (χ2n) is 3.92. The van der Waals surface area contributed by atoms with Crippen LogP contribution >= 0.6 is 0 Å². The molecular formula is C14H19NO2. The van der Waals surface area contributed by atoms with Crippen LogP contribution in [0.2, 0.25) is 0 Å².